The van der Waals surface area contributed by atoms with Crippen molar-refractivity contribution in [1.29, 1.82) is 0 Å². The Labute approximate surface area is 163 Å². The molecular weight excluding hydrogens is 358 g/mol. The van der Waals surface area contributed by atoms with E-state index >= 15 is 0 Å². The Bertz CT molecular complexity index is 997. The SMILES string of the molecule is COc1ccc(-c2nonc2NC(=O)[C@H](C)Oc2cccc(C)c2C)cc1C. The lowest BCUT2D eigenvalue weighted by atomic mass is 10.1. The summed E-state index contributed by atoms with van der Waals surface area (Å²) in [5.74, 6) is 1.34. The van der Waals surface area contributed by atoms with Crippen LogP contribution in [-0.2, 0) is 4.79 Å². The number of nitrogens with zero attached hydrogens (tertiary/aromatic N) is 2. The van der Waals surface area contributed by atoms with Crippen LogP contribution in [0.1, 0.15) is 23.6 Å². The molecule has 1 N–H and O–H groups in total. The molecule has 146 valence electrons. The van der Waals surface area contributed by atoms with Gasteiger partial charge in [0.2, 0.25) is 5.82 Å². The second-order valence-corrected chi connectivity index (χ2v) is 6.59. The maximum absolute atomic E-state index is 12.6. The molecule has 0 spiro atoms. The zero-order valence-corrected chi connectivity index (χ0v) is 16.6. The van der Waals surface area contributed by atoms with E-state index in [1.54, 1.807) is 14.0 Å². The van der Waals surface area contributed by atoms with Crippen LogP contribution in [0.4, 0.5) is 5.82 Å². The summed E-state index contributed by atoms with van der Waals surface area (Å²) >= 11 is 0. The molecule has 1 aromatic heterocycles. The molecule has 0 saturated carbocycles. The van der Waals surface area contributed by atoms with E-state index in [9.17, 15) is 4.79 Å². The summed E-state index contributed by atoms with van der Waals surface area (Å²) in [6, 6.07) is 11.3. The van der Waals surface area contributed by atoms with Crippen LogP contribution < -0.4 is 14.8 Å². The van der Waals surface area contributed by atoms with Gasteiger partial charge in [-0.15, -0.1) is 0 Å². The number of ether oxygens (including phenoxy) is 2. The van der Waals surface area contributed by atoms with Gasteiger partial charge in [-0.2, -0.15) is 0 Å². The first-order chi connectivity index (χ1) is 13.4. The molecule has 0 saturated heterocycles. The Kier molecular flexibility index (Phi) is 5.63. The van der Waals surface area contributed by atoms with Crippen molar-refractivity contribution >= 4 is 11.7 Å². The van der Waals surface area contributed by atoms with Crippen LogP contribution in [-0.4, -0.2) is 29.4 Å². The van der Waals surface area contributed by atoms with E-state index in [4.69, 9.17) is 14.1 Å². The monoisotopic (exact) mass is 381 g/mol. The van der Waals surface area contributed by atoms with Crippen molar-refractivity contribution in [3.63, 3.8) is 0 Å². The van der Waals surface area contributed by atoms with Gasteiger partial charge in [-0.05, 0) is 79.0 Å². The van der Waals surface area contributed by atoms with Gasteiger partial charge in [0.15, 0.2) is 11.8 Å². The number of amides is 1. The maximum atomic E-state index is 12.6. The average Bonchev–Trinajstić information content (AvgIpc) is 3.13. The summed E-state index contributed by atoms with van der Waals surface area (Å²) in [6.07, 6.45) is -0.720. The second kappa shape index (κ2) is 8.12. The minimum absolute atomic E-state index is 0.242. The Balaban J connectivity index is 1.75. The number of carbonyl (C=O) groups excluding carboxylic acids is 1. The third kappa shape index (κ3) is 3.98. The lowest BCUT2D eigenvalue weighted by Gasteiger charge is -2.16. The smallest absolute Gasteiger partial charge is 0.266 e. The summed E-state index contributed by atoms with van der Waals surface area (Å²) in [5.41, 5.74) is 4.24. The number of benzene rings is 2. The fourth-order valence-corrected chi connectivity index (χ4v) is 2.80. The molecule has 1 atom stereocenters. The number of rotatable bonds is 6. The highest BCUT2D eigenvalue weighted by Gasteiger charge is 2.21. The first-order valence-corrected chi connectivity index (χ1v) is 8.92. The molecule has 0 fully saturated rings. The van der Waals surface area contributed by atoms with Crippen molar-refractivity contribution in [3.8, 4) is 22.8 Å². The molecule has 0 bridgehead atoms. The average molecular weight is 381 g/mol. The van der Waals surface area contributed by atoms with Crippen molar-refractivity contribution in [1.82, 2.24) is 10.3 Å². The van der Waals surface area contributed by atoms with Gasteiger partial charge < -0.3 is 14.8 Å². The van der Waals surface area contributed by atoms with Crippen molar-refractivity contribution in [3.05, 3.63) is 53.1 Å². The van der Waals surface area contributed by atoms with Gasteiger partial charge in [0.05, 0.1) is 7.11 Å². The van der Waals surface area contributed by atoms with Crippen molar-refractivity contribution in [2.24, 2.45) is 0 Å². The molecule has 1 heterocycles. The molecule has 1 amide bonds. The summed E-state index contributed by atoms with van der Waals surface area (Å²) in [6.45, 7) is 7.56. The van der Waals surface area contributed by atoms with Crippen LogP contribution in [0.3, 0.4) is 0 Å². The molecule has 3 aromatic rings. The number of hydrogen-bond acceptors (Lipinski definition) is 6. The van der Waals surface area contributed by atoms with Crippen molar-refractivity contribution in [2.75, 3.05) is 12.4 Å². The Morgan fingerprint density at radius 1 is 1.07 bits per heavy atom. The number of nitrogens with one attached hydrogen (secondary N) is 1. The molecule has 0 aliphatic carbocycles. The molecule has 7 heteroatoms. The fraction of sp³-hybridized carbons (Fsp3) is 0.286. The highest BCUT2D eigenvalue weighted by atomic mass is 16.6. The number of methoxy groups -OCH3 is 1. The zero-order valence-electron chi connectivity index (χ0n) is 16.6. The lowest BCUT2D eigenvalue weighted by Crippen LogP contribution is -2.30. The molecule has 7 nitrogen and oxygen atoms in total. The number of aryl methyl sites for hydroxylation is 2. The summed E-state index contributed by atoms with van der Waals surface area (Å²) in [5, 5.41) is 10.5. The predicted molar refractivity (Wildman–Crippen MR) is 106 cm³/mol. The molecule has 0 unspecified atom stereocenters. The second-order valence-electron chi connectivity index (χ2n) is 6.59. The van der Waals surface area contributed by atoms with Gasteiger partial charge in [0.25, 0.3) is 5.91 Å². The largest absolute Gasteiger partial charge is 0.496 e. The van der Waals surface area contributed by atoms with E-state index in [0.29, 0.717) is 11.4 Å². The topological polar surface area (TPSA) is 86.5 Å². The lowest BCUT2D eigenvalue weighted by molar-refractivity contribution is -0.122. The van der Waals surface area contributed by atoms with E-state index in [-0.39, 0.29) is 11.7 Å². The van der Waals surface area contributed by atoms with Crippen LogP contribution >= 0.6 is 0 Å². The molecule has 2 aromatic carbocycles. The highest BCUT2D eigenvalue weighted by molar-refractivity contribution is 5.96. The Hall–Kier alpha value is -3.35. The maximum Gasteiger partial charge on any atom is 0.266 e. The third-order valence-corrected chi connectivity index (χ3v) is 4.63. The normalized spacial score (nSPS) is 11.8. The van der Waals surface area contributed by atoms with E-state index < -0.39 is 6.10 Å². The molecular formula is C21H23N3O4. The van der Waals surface area contributed by atoms with Gasteiger partial charge in [0, 0.05) is 5.56 Å². The fourth-order valence-electron chi connectivity index (χ4n) is 2.80. The highest BCUT2D eigenvalue weighted by Crippen LogP contribution is 2.29. The number of anilines is 1. The van der Waals surface area contributed by atoms with Gasteiger partial charge in [0.1, 0.15) is 11.5 Å². The van der Waals surface area contributed by atoms with E-state index in [0.717, 1.165) is 28.0 Å². The number of carbonyl (C=O) groups is 1. The quantitative estimate of drug-likeness (QED) is 0.692. The van der Waals surface area contributed by atoms with Crippen molar-refractivity contribution in [2.45, 2.75) is 33.8 Å². The minimum Gasteiger partial charge on any atom is -0.496 e. The van der Waals surface area contributed by atoms with Gasteiger partial charge in [-0.1, -0.05) is 12.1 Å². The first-order valence-electron chi connectivity index (χ1n) is 8.92. The first kappa shape index (κ1) is 19.4. The summed E-state index contributed by atoms with van der Waals surface area (Å²) < 4.78 is 15.9. The molecule has 0 aliphatic heterocycles. The number of aromatic nitrogens is 2. The predicted octanol–water partition coefficient (Wildman–Crippen LogP) is 4.08. The summed E-state index contributed by atoms with van der Waals surface area (Å²) in [4.78, 5) is 12.6. The van der Waals surface area contributed by atoms with Gasteiger partial charge in [-0.25, -0.2) is 4.63 Å². The molecule has 3 rings (SSSR count). The molecule has 0 radical (unpaired) electrons. The van der Waals surface area contributed by atoms with Crippen LogP contribution in [0.15, 0.2) is 41.0 Å². The van der Waals surface area contributed by atoms with Crippen LogP contribution in [0.5, 0.6) is 11.5 Å². The van der Waals surface area contributed by atoms with Crippen molar-refractivity contribution < 1.29 is 18.9 Å². The van der Waals surface area contributed by atoms with Crippen LogP contribution in [0.25, 0.3) is 11.3 Å². The van der Waals surface area contributed by atoms with Gasteiger partial charge in [-0.3, -0.25) is 4.79 Å². The molecule has 28 heavy (non-hydrogen) atoms. The zero-order chi connectivity index (χ0) is 20.3. The van der Waals surface area contributed by atoms with E-state index in [1.807, 2.05) is 57.2 Å². The molecule has 0 aliphatic rings. The minimum atomic E-state index is -0.720. The van der Waals surface area contributed by atoms with Gasteiger partial charge >= 0.3 is 0 Å². The third-order valence-electron chi connectivity index (χ3n) is 4.63. The number of hydrogen-bond donors (Lipinski definition) is 1. The van der Waals surface area contributed by atoms with Crippen LogP contribution in [0.2, 0.25) is 0 Å². The van der Waals surface area contributed by atoms with E-state index in [2.05, 4.69) is 15.6 Å². The summed E-state index contributed by atoms with van der Waals surface area (Å²) in [7, 11) is 1.61. The Morgan fingerprint density at radius 2 is 1.86 bits per heavy atom. The van der Waals surface area contributed by atoms with E-state index in [1.165, 1.54) is 0 Å². The Morgan fingerprint density at radius 3 is 2.57 bits per heavy atom. The van der Waals surface area contributed by atoms with Crippen LogP contribution in [0, 0.1) is 20.8 Å². The standard InChI is InChI=1S/C21H23N3O4/c1-12-7-6-8-18(14(12)3)27-15(4)21(25)22-20-19(23-28-24-20)16-9-10-17(26-5)13(2)11-16/h6-11,15H,1-5H3,(H,22,24,25)/t15-/m0/s1.